The van der Waals surface area contributed by atoms with Crippen LogP contribution in [0.1, 0.15) is 17.3 Å². The van der Waals surface area contributed by atoms with Crippen molar-refractivity contribution >= 4 is 11.3 Å². The summed E-state index contributed by atoms with van der Waals surface area (Å²) in [5, 5.41) is 26.0. The van der Waals surface area contributed by atoms with Crippen molar-refractivity contribution in [3.8, 4) is 11.6 Å². The number of nitro groups is 1. The Labute approximate surface area is 158 Å². The lowest BCUT2D eigenvalue weighted by atomic mass is 10.3. The molecule has 14 heteroatoms. The molecule has 4 heterocycles. The van der Waals surface area contributed by atoms with Gasteiger partial charge in [0.25, 0.3) is 5.89 Å². The molecule has 0 aromatic carbocycles. The summed E-state index contributed by atoms with van der Waals surface area (Å²) in [5.41, 5.74) is -0.885. The predicted molar refractivity (Wildman–Crippen MR) is 88.6 cm³/mol. The van der Waals surface area contributed by atoms with Crippen molar-refractivity contribution in [1.82, 2.24) is 34.6 Å². The molecule has 0 unspecified atom stereocenters. The van der Waals surface area contributed by atoms with Crippen molar-refractivity contribution in [3.63, 3.8) is 0 Å². The van der Waals surface area contributed by atoms with Crippen LogP contribution in [-0.4, -0.2) is 39.5 Å². The lowest BCUT2D eigenvalue weighted by Crippen LogP contribution is -2.13. The number of hydrogen-bond acceptors (Lipinski definition) is 8. The second-order valence-electron chi connectivity index (χ2n) is 6.05. The van der Waals surface area contributed by atoms with Crippen LogP contribution in [0, 0.1) is 17.0 Å². The fraction of sp³-hybridized carbons (Fsp3) is 0.267. The normalized spacial score (nSPS) is 12.0. The molecule has 0 saturated carbocycles. The van der Waals surface area contributed by atoms with E-state index in [4.69, 9.17) is 4.42 Å². The first-order chi connectivity index (χ1) is 13.7. The largest absolute Gasteiger partial charge is 0.433 e. The van der Waals surface area contributed by atoms with Gasteiger partial charge in [0.1, 0.15) is 18.1 Å². The standard InChI is InChI=1S/C15H11F3N8O3/c1-8-4-11(15(16,17)18)25-12(20-8)5-10(23-25)14-22-21-13(29-14)2-3-24-7-9(6-19-24)26(27)28/h4-7H,2-3H2,1H3. The van der Waals surface area contributed by atoms with Crippen LogP contribution >= 0.6 is 0 Å². The second kappa shape index (κ2) is 6.65. The number of alkyl halides is 3. The van der Waals surface area contributed by atoms with E-state index in [9.17, 15) is 23.3 Å². The molecule has 0 aliphatic carbocycles. The number of nitrogens with zero attached hydrogens (tertiary/aromatic N) is 8. The highest BCUT2D eigenvalue weighted by molar-refractivity contribution is 5.56. The molecule has 0 saturated heterocycles. The van der Waals surface area contributed by atoms with Crippen molar-refractivity contribution in [2.45, 2.75) is 26.1 Å². The molecule has 0 spiro atoms. The lowest BCUT2D eigenvalue weighted by Gasteiger charge is -2.08. The molecule has 4 aromatic heterocycles. The molecule has 150 valence electrons. The van der Waals surface area contributed by atoms with Crippen LogP contribution < -0.4 is 0 Å². The molecule has 0 aliphatic heterocycles. The van der Waals surface area contributed by atoms with Crippen molar-refractivity contribution < 1.29 is 22.5 Å². The summed E-state index contributed by atoms with van der Waals surface area (Å²) in [4.78, 5) is 14.1. The van der Waals surface area contributed by atoms with Gasteiger partial charge in [0, 0.05) is 24.7 Å². The molecular weight excluding hydrogens is 397 g/mol. The maximum Gasteiger partial charge on any atom is 0.433 e. The van der Waals surface area contributed by atoms with E-state index < -0.39 is 16.8 Å². The van der Waals surface area contributed by atoms with Gasteiger partial charge >= 0.3 is 11.9 Å². The number of hydrogen-bond donors (Lipinski definition) is 0. The summed E-state index contributed by atoms with van der Waals surface area (Å²) < 4.78 is 47.2. The number of halogens is 3. The van der Waals surface area contributed by atoms with E-state index in [1.54, 1.807) is 0 Å². The Kier molecular flexibility index (Phi) is 4.24. The maximum atomic E-state index is 13.2. The zero-order chi connectivity index (χ0) is 20.8. The van der Waals surface area contributed by atoms with Gasteiger partial charge in [-0.3, -0.25) is 14.8 Å². The van der Waals surface area contributed by atoms with Crippen LogP contribution in [0.4, 0.5) is 18.9 Å². The first kappa shape index (κ1) is 18.5. The van der Waals surface area contributed by atoms with Crippen molar-refractivity contribution in [2.75, 3.05) is 0 Å². The average molecular weight is 408 g/mol. The Morgan fingerprint density at radius 3 is 2.76 bits per heavy atom. The minimum Gasteiger partial charge on any atom is -0.419 e. The smallest absolute Gasteiger partial charge is 0.419 e. The van der Waals surface area contributed by atoms with Gasteiger partial charge in [-0.15, -0.1) is 10.2 Å². The number of fused-ring (bicyclic) bond motifs is 1. The van der Waals surface area contributed by atoms with E-state index in [-0.39, 0.29) is 47.5 Å². The molecule has 0 radical (unpaired) electrons. The van der Waals surface area contributed by atoms with Crippen LogP contribution in [0.3, 0.4) is 0 Å². The Morgan fingerprint density at radius 1 is 1.28 bits per heavy atom. The topological polar surface area (TPSA) is 130 Å². The maximum absolute atomic E-state index is 13.2. The fourth-order valence-corrected chi connectivity index (χ4v) is 2.64. The highest BCUT2D eigenvalue weighted by Crippen LogP contribution is 2.30. The third-order valence-electron chi connectivity index (χ3n) is 3.92. The first-order valence-corrected chi connectivity index (χ1v) is 8.15. The molecule has 0 fully saturated rings. The molecule has 4 rings (SSSR count). The van der Waals surface area contributed by atoms with Gasteiger partial charge in [0.05, 0.1) is 4.92 Å². The summed E-state index contributed by atoms with van der Waals surface area (Å²) in [6.07, 6.45) is -2.03. The summed E-state index contributed by atoms with van der Waals surface area (Å²) in [6.45, 7) is 1.69. The molecular formula is C15H11F3N8O3. The summed E-state index contributed by atoms with van der Waals surface area (Å²) in [7, 11) is 0. The van der Waals surface area contributed by atoms with E-state index in [0.29, 0.717) is 4.52 Å². The lowest BCUT2D eigenvalue weighted by molar-refractivity contribution is -0.385. The summed E-state index contributed by atoms with van der Waals surface area (Å²) >= 11 is 0. The molecule has 0 aliphatic rings. The molecule has 0 N–H and O–H groups in total. The van der Waals surface area contributed by atoms with Crippen molar-refractivity contribution in [1.29, 1.82) is 0 Å². The quantitative estimate of drug-likeness (QED) is 0.364. The first-order valence-electron chi connectivity index (χ1n) is 8.15. The van der Waals surface area contributed by atoms with Crippen LogP contribution in [0.5, 0.6) is 0 Å². The summed E-state index contributed by atoms with van der Waals surface area (Å²) in [5.74, 6) is 0.109. The Balaban J connectivity index is 1.57. The van der Waals surface area contributed by atoms with Crippen LogP contribution in [0.25, 0.3) is 17.2 Å². The SMILES string of the molecule is Cc1cc(C(F)(F)F)n2nc(-c3nnc(CCn4cc([N+](=O)[O-])cn4)o3)cc2n1. The Hall–Kier alpha value is -3.84. The minimum absolute atomic E-state index is 0.00377. The monoisotopic (exact) mass is 408 g/mol. The third-order valence-corrected chi connectivity index (χ3v) is 3.92. The number of rotatable bonds is 5. The zero-order valence-electron chi connectivity index (χ0n) is 14.7. The van der Waals surface area contributed by atoms with Crippen molar-refractivity contribution in [2.24, 2.45) is 0 Å². The van der Waals surface area contributed by atoms with E-state index in [0.717, 1.165) is 12.3 Å². The van der Waals surface area contributed by atoms with Gasteiger partial charge in [0.2, 0.25) is 5.89 Å². The highest BCUT2D eigenvalue weighted by atomic mass is 19.4. The molecule has 11 nitrogen and oxygen atoms in total. The number of aromatic nitrogens is 7. The van der Waals surface area contributed by atoms with E-state index >= 15 is 0 Å². The van der Waals surface area contributed by atoms with Gasteiger partial charge in [-0.1, -0.05) is 0 Å². The predicted octanol–water partition coefficient (Wildman–Crippen LogP) is 2.45. The fourth-order valence-electron chi connectivity index (χ4n) is 2.64. The Morgan fingerprint density at radius 2 is 2.07 bits per heavy atom. The molecule has 0 bridgehead atoms. The van der Waals surface area contributed by atoms with Gasteiger partial charge in [0.15, 0.2) is 11.3 Å². The van der Waals surface area contributed by atoms with E-state index in [1.165, 1.54) is 23.9 Å². The highest BCUT2D eigenvalue weighted by Gasteiger charge is 2.35. The van der Waals surface area contributed by atoms with Gasteiger partial charge in [-0.05, 0) is 13.0 Å². The van der Waals surface area contributed by atoms with Gasteiger partial charge in [-0.25, -0.2) is 9.50 Å². The van der Waals surface area contributed by atoms with Gasteiger partial charge < -0.3 is 4.42 Å². The van der Waals surface area contributed by atoms with Crippen LogP contribution in [0.2, 0.25) is 0 Å². The third kappa shape index (κ3) is 3.63. The molecule has 4 aromatic rings. The molecule has 0 amide bonds. The summed E-state index contributed by atoms with van der Waals surface area (Å²) in [6, 6.07) is 2.21. The van der Waals surface area contributed by atoms with Crippen molar-refractivity contribution in [3.05, 3.63) is 51.9 Å². The number of aryl methyl sites for hydroxylation is 3. The second-order valence-corrected chi connectivity index (χ2v) is 6.05. The van der Waals surface area contributed by atoms with Gasteiger partial charge in [-0.2, -0.15) is 23.4 Å². The minimum atomic E-state index is -4.61. The van der Waals surface area contributed by atoms with E-state index in [2.05, 4.69) is 25.4 Å². The Bertz CT molecular complexity index is 1210. The molecule has 29 heavy (non-hydrogen) atoms. The van der Waals surface area contributed by atoms with Crippen LogP contribution in [-0.2, 0) is 19.1 Å². The average Bonchev–Trinajstić information content (AvgIpc) is 3.36. The zero-order valence-corrected chi connectivity index (χ0v) is 14.7. The van der Waals surface area contributed by atoms with Crippen LogP contribution in [0.15, 0.2) is 28.9 Å². The molecule has 0 atom stereocenters. The van der Waals surface area contributed by atoms with E-state index in [1.807, 2.05) is 0 Å².